The number of hydrogen-bond acceptors (Lipinski definition) is 6. The van der Waals surface area contributed by atoms with Gasteiger partial charge in [-0.25, -0.2) is 0 Å². The topological polar surface area (TPSA) is 87.5 Å². The van der Waals surface area contributed by atoms with Crippen LogP contribution < -0.4 is 14.4 Å². The molecular formula is C41H36N4O5. The van der Waals surface area contributed by atoms with Crippen LogP contribution in [0.1, 0.15) is 31.8 Å². The van der Waals surface area contributed by atoms with Gasteiger partial charge in [-0.1, -0.05) is 60.7 Å². The summed E-state index contributed by atoms with van der Waals surface area (Å²) in [5.74, 6) is 0.764. The van der Waals surface area contributed by atoms with Gasteiger partial charge in [-0.05, 0) is 80.2 Å². The number of aromatic nitrogens is 1. The molecule has 0 fully saturated rings. The highest BCUT2D eigenvalue weighted by atomic mass is 16.7. The van der Waals surface area contributed by atoms with E-state index in [9.17, 15) is 14.7 Å². The first-order valence-electron chi connectivity index (χ1n) is 16.6. The van der Waals surface area contributed by atoms with Crippen molar-refractivity contribution in [3.63, 3.8) is 0 Å². The molecule has 1 aromatic heterocycles. The van der Waals surface area contributed by atoms with E-state index in [0.29, 0.717) is 52.8 Å². The molecule has 3 heterocycles. The lowest BCUT2D eigenvalue weighted by Crippen LogP contribution is -2.49. The molecule has 9 heteroatoms. The number of para-hydroxylation sites is 2. The van der Waals surface area contributed by atoms with Gasteiger partial charge in [0.2, 0.25) is 6.79 Å². The number of aromatic hydroxyl groups is 1. The molecule has 2 amide bonds. The average Bonchev–Trinajstić information content (AvgIpc) is 3.76. The molecule has 0 saturated heterocycles. The molecule has 0 bridgehead atoms. The number of anilines is 2. The SMILES string of the molecule is CN(C)C[C@@H]1Cc2ccccc2CN1C(=O)c1cc2c(cc1-n1cc(C(=O)N(c3ccccc3)c3ccc(O)cc3)c3ccccc31)OCO2. The van der Waals surface area contributed by atoms with Crippen LogP contribution >= 0.6 is 0 Å². The minimum Gasteiger partial charge on any atom is -0.508 e. The van der Waals surface area contributed by atoms with Crippen molar-refractivity contribution in [1.29, 1.82) is 0 Å². The van der Waals surface area contributed by atoms with Gasteiger partial charge < -0.3 is 28.9 Å². The summed E-state index contributed by atoms with van der Waals surface area (Å²) in [6.07, 6.45) is 2.55. The lowest BCUT2D eigenvalue weighted by molar-refractivity contribution is 0.0606. The van der Waals surface area contributed by atoms with E-state index in [1.807, 2.05) is 90.3 Å². The smallest absolute Gasteiger partial charge is 0.265 e. The number of hydrogen-bond donors (Lipinski definition) is 1. The lowest BCUT2D eigenvalue weighted by Gasteiger charge is -2.38. The number of ether oxygens (including phenoxy) is 2. The zero-order valence-electron chi connectivity index (χ0n) is 27.8. The van der Waals surface area contributed by atoms with Crippen molar-refractivity contribution in [1.82, 2.24) is 14.4 Å². The van der Waals surface area contributed by atoms with Crippen molar-refractivity contribution in [3.05, 3.63) is 144 Å². The normalized spacial score (nSPS) is 14.9. The van der Waals surface area contributed by atoms with Crippen molar-refractivity contribution < 1.29 is 24.2 Å². The van der Waals surface area contributed by atoms with Gasteiger partial charge in [-0.2, -0.15) is 0 Å². The molecule has 1 N–H and O–H groups in total. The van der Waals surface area contributed by atoms with Gasteiger partial charge in [0.05, 0.1) is 22.3 Å². The predicted octanol–water partition coefficient (Wildman–Crippen LogP) is 7.17. The second kappa shape index (κ2) is 12.8. The van der Waals surface area contributed by atoms with E-state index in [1.54, 1.807) is 41.4 Å². The maximum Gasteiger partial charge on any atom is 0.265 e. The summed E-state index contributed by atoms with van der Waals surface area (Å²) >= 11 is 0. The maximum absolute atomic E-state index is 14.9. The minimum atomic E-state index is -0.260. The number of phenols is 1. The van der Waals surface area contributed by atoms with Crippen molar-refractivity contribution in [2.75, 3.05) is 32.3 Å². The Labute approximate surface area is 290 Å². The third-order valence-electron chi connectivity index (χ3n) is 9.44. The molecule has 50 heavy (non-hydrogen) atoms. The number of fused-ring (bicyclic) bond motifs is 3. The van der Waals surface area contributed by atoms with E-state index in [0.717, 1.165) is 22.9 Å². The molecule has 0 radical (unpaired) electrons. The molecule has 250 valence electrons. The summed E-state index contributed by atoms with van der Waals surface area (Å²) in [5, 5.41) is 10.7. The molecule has 0 aliphatic carbocycles. The van der Waals surface area contributed by atoms with Crippen molar-refractivity contribution in [2.45, 2.75) is 19.0 Å². The van der Waals surface area contributed by atoms with Crippen LogP contribution in [-0.4, -0.2) is 64.8 Å². The van der Waals surface area contributed by atoms with Gasteiger partial charge in [0.15, 0.2) is 11.5 Å². The van der Waals surface area contributed by atoms with E-state index >= 15 is 0 Å². The summed E-state index contributed by atoms with van der Waals surface area (Å²) in [7, 11) is 4.05. The van der Waals surface area contributed by atoms with Crippen molar-refractivity contribution in [2.24, 2.45) is 0 Å². The molecule has 0 unspecified atom stereocenters. The Kier molecular flexibility index (Phi) is 7.97. The van der Waals surface area contributed by atoms with Crippen molar-refractivity contribution in [3.8, 4) is 22.9 Å². The molecular weight excluding hydrogens is 628 g/mol. The first-order chi connectivity index (χ1) is 24.4. The summed E-state index contributed by atoms with van der Waals surface area (Å²) in [6, 6.07) is 35.5. The maximum atomic E-state index is 14.9. The van der Waals surface area contributed by atoms with Crippen LogP contribution in [0.25, 0.3) is 16.6 Å². The number of phenolic OH excluding ortho intramolecular Hbond substituents is 1. The number of benzene rings is 5. The Morgan fingerprint density at radius 3 is 2.20 bits per heavy atom. The summed E-state index contributed by atoms with van der Waals surface area (Å²) in [5.41, 5.74) is 5.92. The van der Waals surface area contributed by atoms with Gasteiger partial charge in [0.1, 0.15) is 5.75 Å². The zero-order valence-corrected chi connectivity index (χ0v) is 27.8. The minimum absolute atomic E-state index is 0.0473. The van der Waals surface area contributed by atoms with Gasteiger partial charge in [-0.15, -0.1) is 0 Å². The predicted molar refractivity (Wildman–Crippen MR) is 193 cm³/mol. The van der Waals surface area contributed by atoms with Crippen LogP contribution in [0, 0.1) is 0 Å². The van der Waals surface area contributed by atoms with Crippen LogP contribution in [0.4, 0.5) is 11.4 Å². The second-order valence-electron chi connectivity index (χ2n) is 13.0. The van der Waals surface area contributed by atoms with Gasteiger partial charge in [-0.3, -0.25) is 14.5 Å². The van der Waals surface area contributed by atoms with Gasteiger partial charge in [0, 0.05) is 48.2 Å². The Bertz CT molecular complexity index is 2230. The van der Waals surface area contributed by atoms with E-state index in [1.165, 1.54) is 5.56 Å². The number of carbonyl (C=O) groups excluding carboxylic acids is 2. The Morgan fingerprint density at radius 2 is 1.44 bits per heavy atom. The fourth-order valence-electron chi connectivity index (χ4n) is 7.10. The van der Waals surface area contributed by atoms with Crippen LogP contribution in [0.15, 0.2) is 121 Å². The summed E-state index contributed by atoms with van der Waals surface area (Å²) < 4.78 is 13.5. The molecule has 2 aliphatic rings. The Balaban J connectivity index is 1.27. The summed E-state index contributed by atoms with van der Waals surface area (Å²) in [4.78, 5) is 35.3. The first kappa shape index (κ1) is 31.2. The molecule has 0 saturated carbocycles. The number of carbonyl (C=O) groups is 2. The number of likely N-dealkylation sites (N-methyl/N-ethyl adjacent to an activating group) is 1. The number of nitrogens with zero attached hydrogens (tertiary/aromatic N) is 4. The fourth-order valence-corrected chi connectivity index (χ4v) is 7.10. The van der Waals surface area contributed by atoms with Crippen LogP contribution in [-0.2, 0) is 13.0 Å². The molecule has 0 spiro atoms. The molecule has 2 aliphatic heterocycles. The molecule has 5 aromatic carbocycles. The van der Waals surface area contributed by atoms with Gasteiger partial charge >= 0.3 is 0 Å². The fraction of sp³-hybridized carbons (Fsp3) is 0.171. The van der Waals surface area contributed by atoms with Crippen LogP contribution in [0.3, 0.4) is 0 Å². The molecule has 1 atom stereocenters. The Hall–Kier alpha value is -6.06. The van der Waals surface area contributed by atoms with E-state index in [2.05, 4.69) is 23.1 Å². The summed E-state index contributed by atoms with van der Waals surface area (Å²) in [6.45, 7) is 1.25. The van der Waals surface area contributed by atoms with Crippen LogP contribution in [0.2, 0.25) is 0 Å². The first-order valence-corrected chi connectivity index (χ1v) is 16.6. The third-order valence-corrected chi connectivity index (χ3v) is 9.44. The number of amides is 2. The quantitative estimate of drug-likeness (QED) is 0.195. The number of rotatable bonds is 7. The Morgan fingerprint density at radius 1 is 0.780 bits per heavy atom. The average molecular weight is 665 g/mol. The standard InChI is InChI=1S/C41H36N4O5/c1-42(2)24-31-20-27-10-6-7-11-28(27)23-43(31)40(47)34-21-38-39(50-26-49-38)22-37(34)44-25-35(33-14-8-9-15-36(33)44)41(48)45(29-12-4-3-5-13-29)30-16-18-32(46)19-17-30/h3-19,21-22,25,31,46H,20,23-24,26H2,1-2H3/t31-/m0/s1. The van der Waals surface area contributed by atoms with E-state index < -0.39 is 0 Å². The monoisotopic (exact) mass is 664 g/mol. The highest BCUT2D eigenvalue weighted by molar-refractivity contribution is 6.17. The zero-order chi connectivity index (χ0) is 34.4. The largest absolute Gasteiger partial charge is 0.508 e. The van der Waals surface area contributed by atoms with E-state index in [-0.39, 0.29) is 30.4 Å². The van der Waals surface area contributed by atoms with Crippen molar-refractivity contribution >= 4 is 34.1 Å². The molecule has 8 rings (SSSR count). The van der Waals surface area contributed by atoms with Crippen LogP contribution in [0.5, 0.6) is 17.2 Å². The highest BCUT2D eigenvalue weighted by Crippen LogP contribution is 2.40. The second-order valence-corrected chi connectivity index (χ2v) is 13.0. The highest BCUT2D eigenvalue weighted by Gasteiger charge is 2.34. The molecule has 9 nitrogen and oxygen atoms in total. The third kappa shape index (κ3) is 5.61. The van der Waals surface area contributed by atoms with Gasteiger partial charge in [0.25, 0.3) is 11.8 Å². The lowest BCUT2D eigenvalue weighted by atomic mass is 9.92. The molecule has 6 aromatic rings. The van der Waals surface area contributed by atoms with E-state index in [4.69, 9.17) is 9.47 Å².